The van der Waals surface area contributed by atoms with Crippen molar-refractivity contribution in [2.45, 2.75) is 12.5 Å². The largest absolute Gasteiger partial charge is 0.495 e. The normalized spacial score (nSPS) is 12.2. The maximum atomic E-state index is 10.3. The second-order valence-electron chi connectivity index (χ2n) is 4.42. The van der Waals surface area contributed by atoms with E-state index in [0.717, 1.165) is 5.56 Å². The fraction of sp³-hybridized carbons (Fsp3) is 0.200. The van der Waals surface area contributed by atoms with Crippen molar-refractivity contribution in [1.29, 1.82) is 0 Å². The zero-order valence-electron chi connectivity index (χ0n) is 10.9. The van der Waals surface area contributed by atoms with Crippen molar-refractivity contribution >= 4 is 28.9 Å². The van der Waals surface area contributed by atoms with Crippen LogP contribution in [-0.4, -0.2) is 12.2 Å². The highest BCUT2D eigenvalue weighted by Crippen LogP contribution is 2.32. The number of para-hydroxylation sites is 1. The minimum absolute atomic E-state index is 0.355. The van der Waals surface area contributed by atoms with Crippen molar-refractivity contribution in [3.05, 3.63) is 57.6 Å². The first kappa shape index (κ1) is 15.0. The third-order valence-corrected chi connectivity index (χ3v) is 3.69. The van der Waals surface area contributed by atoms with Gasteiger partial charge in [-0.2, -0.15) is 0 Å². The summed E-state index contributed by atoms with van der Waals surface area (Å²) in [5.41, 5.74) is 7.84. The van der Waals surface area contributed by atoms with Gasteiger partial charge in [0, 0.05) is 22.0 Å². The average Bonchev–Trinajstić information content (AvgIpc) is 2.42. The molecule has 0 radical (unpaired) electrons. The van der Waals surface area contributed by atoms with Crippen molar-refractivity contribution < 1.29 is 9.84 Å². The summed E-state index contributed by atoms with van der Waals surface area (Å²) in [5.74, 6) is 0.545. The molecule has 0 aliphatic carbocycles. The van der Waals surface area contributed by atoms with Crippen LogP contribution in [0.5, 0.6) is 5.75 Å². The molecule has 0 heterocycles. The minimum atomic E-state index is -0.760. The van der Waals surface area contributed by atoms with Gasteiger partial charge in [-0.05, 0) is 23.8 Å². The molecule has 3 nitrogen and oxygen atoms in total. The smallest absolute Gasteiger partial charge is 0.142 e. The van der Waals surface area contributed by atoms with E-state index in [2.05, 4.69) is 0 Å². The van der Waals surface area contributed by atoms with Gasteiger partial charge < -0.3 is 15.6 Å². The highest BCUT2D eigenvalue weighted by atomic mass is 35.5. The van der Waals surface area contributed by atoms with Crippen molar-refractivity contribution in [3.63, 3.8) is 0 Å². The van der Waals surface area contributed by atoms with E-state index in [4.69, 9.17) is 33.7 Å². The molecule has 5 heteroatoms. The van der Waals surface area contributed by atoms with Gasteiger partial charge in [0.05, 0.1) is 18.9 Å². The number of ether oxygens (including phenoxy) is 1. The highest BCUT2D eigenvalue weighted by molar-refractivity contribution is 6.35. The Morgan fingerprint density at radius 2 is 2.00 bits per heavy atom. The van der Waals surface area contributed by atoms with Crippen LogP contribution in [0.2, 0.25) is 10.0 Å². The van der Waals surface area contributed by atoms with E-state index >= 15 is 0 Å². The summed E-state index contributed by atoms with van der Waals surface area (Å²) in [7, 11) is 1.54. The Hall–Kier alpha value is -1.42. The molecule has 0 aromatic heterocycles. The maximum Gasteiger partial charge on any atom is 0.142 e. The third kappa shape index (κ3) is 3.18. The van der Waals surface area contributed by atoms with Crippen LogP contribution < -0.4 is 10.5 Å². The number of nitrogen functional groups attached to an aromatic ring is 1. The third-order valence-electron chi connectivity index (χ3n) is 3.11. The summed E-state index contributed by atoms with van der Waals surface area (Å²) < 4.78 is 5.15. The first-order chi connectivity index (χ1) is 9.52. The van der Waals surface area contributed by atoms with Crippen LogP contribution >= 0.6 is 23.2 Å². The molecule has 1 unspecified atom stereocenters. The summed E-state index contributed by atoms with van der Waals surface area (Å²) in [6, 6.07) is 10.5. The Morgan fingerprint density at radius 1 is 1.25 bits per heavy atom. The molecule has 20 heavy (non-hydrogen) atoms. The fourth-order valence-corrected chi connectivity index (χ4v) is 2.52. The first-order valence-corrected chi connectivity index (χ1v) is 6.83. The number of aliphatic hydroxyl groups is 1. The van der Waals surface area contributed by atoms with Crippen LogP contribution in [0.1, 0.15) is 17.2 Å². The van der Waals surface area contributed by atoms with E-state index in [9.17, 15) is 5.11 Å². The Kier molecular flexibility index (Phi) is 4.76. The summed E-state index contributed by atoms with van der Waals surface area (Å²) in [6.45, 7) is 0. The molecule has 0 amide bonds. The standard InChI is InChI=1S/C15H15Cl2NO2/c1-20-14-4-2-3-11(15(14)18)13(19)7-9-5-6-10(16)8-12(9)17/h2-6,8,13,19H,7,18H2,1H3. The number of hydrogen-bond acceptors (Lipinski definition) is 3. The maximum absolute atomic E-state index is 10.3. The Labute approximate surface area is 127 Å². The zero-order chi connectivity index (χ0) is 14.7. The van der Waals surface area contributed by atoms with Gasteiger partial charge in [0.25, 0.3) is 0 Å². The molecule has 0 bridgehead atoms. The number of halogens is 2. The van der Waals surface area contributed by atoms with Gasteiger partial charge in [-0.3, -0.25) is 0 Å². The molecule has 0 spiro atoms. The Balaban J connectivity index is 2.26. The van der Waals surface area contributed by atoms with Gasteiger partial charge in [-0.25, -0.2) is 0 Å². The van der Waals surface area contributed by atoms with Gasteiger partial charge in [-0.1, -0.05) is 41.4 Å². The molecule has 1 atom stereocenters. The molecule has 2 rings (SSSR count). The molecule has 0 saturated carbocycles. The van der Waals surface area contributed by atoms with Crippen molar-refractivity contribution in [3.8, 4) is 5.75 Å². The fourth-order valence-electron chi connectivity index (χ4n) is 2.04. The van der Waals surface area contributed by atoms with Crippen molar-refractivity contribution in [1.82, 2.24) is 0 Å². The number of anilines is 1. The van der Waals surface area contributed by atoms with Crippen molar-refractivity contribution in [2.24, 2.45) is 0 Å². The van der Waals surface area contributed by atoms with Gasteiger partial charge in [0.2, 0.25) is 0 Å². The number of aliphatic hydroxyl groups excluding tert-OH is 1. The minimum Gasteiger partial charge on any atom is -0.495 e. The van der Waals surface area contributed by atoms with E-state index in [1.807, 2.05) is 0 Å². The summed E-state index contributed by atoms with van der Waals surface area (Å²) in [4.78, 5) is 0. The molecule has 2 aromatic carbocycles. The van der Waals surface area contributed by atoms with Crippen LogP contribution in [0.3, 0.4) is 0 Å². The lowest BCUT2D eigenvalue weighted by Gasteiger charge is -2.16. The number of nitrogens with two attached hydrogens (primary N) is 1. The van der Waals surface area contributed by atoms with Crippen LogP contribution in [0.4, 0.5) is 5.69 Å². The monoisotopic (exact) mass is 311 g/mol. The summed E-state index contributed by atoms with van der Waals surface area (Å²) in [6.07, 6.45) is -0.406. The molecule has 0 fully saturated rings. The van der Waals surface area contributed by atoms with Crippen LogP contribution in [0.25, 0.3) is 0 Å². The predicted molar refractivity (Wildman–Crippen MR) is 82.5 cm³/mol. The zero-order valence-corrected chi connectivity index (χ0v) is 12.4. The number of rotatable bonds is 4. The highest BCUT2D eigenvalue weighted by Gasteiger charge is 2.16. The van der Waals surface area contributed by atoms with E-state index in [1.54, 1.807) is 36.4 Å². The molecule has 0 saturated heterocycles. The average molecular weight is 312 g/mol. The van der Waals surface area contributed by atoms with Gasteiger partial charge in [0.15, 0.2) is 0 Å². The number of hydrogen-bond donors (Lipinski definition) is 2. The molecular formula is C15H15Cl2NO2. The van der Waals surface area contributed by atoms with E-state index < -0.39 is 6.10 Å². The lowest BCUT2D eigenvalue weighted by Crippen LogP contribution is -2.07. The molecular weight excluding hydrogens is 297 g/mol. The van der Waals surface area contributed by atoms with Gasteiger partial charge in [0.1, 0.15) is 5.75 Å². The molecule has 0 aliphatic rings. The Morgan fingerprint density at radius 3 is 2.65 bits per heavy atom. The van der Waals surface area contributed by atoms with E-state index in [0.29, 0.717) is 33.5 Å². The quantitative estimate of drug-likeness (QED) is 0.843. The number of benzene rings is 2. The van der Waals surface area contributed by atoms with Crippen molar-refractivity contribution in [2.75, 3.05) is 12.8 Å². The molecule has 2 aromatic rings. The summed E-state index contributed by atoms with van der Waals surface area (Å²) in [5, 5.41) is 11.4. The second-order valence-corrected chi connectivity index (χ2v) is 5.26. The van der Waals surface area contributed by atoms with Gasteiger partial charge in [-0.15, -0.1) is 0 Å². The SMILES string of the molecule is COc1cccc(C(O)Cc2ccc(Cl)cc2Cl)c1N. The molecule has 3 N–H and O–H groups in total. The summed E-state index contributed by atoms with van der Waals surface area (Å²) >= 11 is 12.0. The van der Waals surface area contributed by atoms with Crippen LogP contribution in [0.15, 0.2) is 36.4 Å². The Bertz CT molecular complexity index is 617. The number of methoxy groups -OCH3 is 1. The topological polar surface area (TPSA) is 55.5 Å². The second kappa shape index (κ2) is 6.35. The predicted octanol–water partition coefficient (Wildman–Crippen LogP) is 3.86. The van der Waals surface area contributed by atoms with Crippen LogP contribution in [0, 0.1) is 0 Å². The van der Waals surface area contributed by atoms with Gasteiger partial charge >= 0.3 is 0 Å². The lowest BCUT2D eigenvalue weighted by atomic mass is 9.99. The lowest BCUT2D eigenvalue weighted by molar-refractivity contribution is 0.179. The molecule has 106 valence electrons. The van der Waals surface area contributed by atoms with E-state index in [1.165, 1.54) is 7.11 Å². The molecule has 0 aliphatic heterocycles. The van der Waals surface area contributed by atoms with E-state index in [-0.39, 0.29) is 0 Å². The first-order valence-electron chi connectivity index (χ1n) is 6.07. The van der Waals surface area contributed by atoms with Crippen LogP contribution in [-0.2, 0) is 6.42 Å².